The van der Waals surface area contributed by atoms with E-state index in [1.807, 2.05) is 0 Å². The van der Waals surface area contributed by atoms with Crippen molar-refractivity contribution in [1.29, 1.82) is 0 Å². The minimum Gasteiger partial charge on any atom is -0.309 e. The fourth-order valence-corrected chi connectivity index (χ4v) is 5.25. The molecule has 0 aromatic carbocycles. The highest BCUT2D eigenvalue weighted by Gasteiger charge is 2.23. The molecule has 0 saturated heterocycles. The Morgan fingerprint density at radius 3 is 1.46 bits per heavy atom. The predicted molar refractivity (Wildman–Crippen MR) is 124 cm³/mol. The molecule has 0 aromatic rings. The third-order valence-corrected chi connectivity index (χ3v) is 7.16. The van der Waals surface area contributed by atoms with Crippen LogP contribution in [0.4, 0.5) is 0 Å². The molecule has 0 aromatic heterocycles. The summed E-state index contributed by atoms with van der Waals surface area (Å²) in [5.74, 6) is 0.389. The summed E-state index contributed by atoms with van der Waals surface area (Å²) in [7, 11) is -2.88. The summed E-state index contributed by atoms with van der Waals surface area (Å²) in [5.41, 5.74) is 0. The Hall–Kier alpha value is 0.150. The van der Waals surface area contributed by atoms with E-state index in [4.69, 9.17) is 9.05 Å². The topological polar surface area (TPSA) is 35.5 Å². The van der Waals surface area contributed by atoms with Crippen LogP contribution in [0.3, 0.4) is 0 Å². The molecular weight excluding hydrogens is 367 g/mol. The van der Waals surface area contributed by atoms with Gasteiger partial charge >= 0.3 is 7.60 Å². The van der Waals surface area contributed by atoms with Crippen molar-refractivity contribution >= 4 is 7.60 Å². The van der Waals surface area contributed by atoms with Crippen LogP contribution in [0.2, 0.25) is 0 Å². The van der Waals surface area contributed by atoms with Crippen LogP contribution in [0, 0.1) is 5.92 Å². The van der Waals surface area contributed by atoms with Crippen LogP contribution in [0.1, 0.15) is 130 Å². The summed E-state index contributed by atoms with van der Waals surface area (Å²) < 4.78 is 24.1. The molecule has 0 amide bonds. The van der Waals surface area contributed by atoms with Crippen LogP contribution in [0.25, 0.3) is 0 Å². The first-order valence-electron chi connectivity index (χ1n) is 12.4. The van der Waals surface area contributed by atoms with Gasteiger partial charge in [0.1, 0.15) is 0 Å². The molecule has 0 radical (unpaired) electrons. The van der Waals surface area contributed by atoms with Crippen molar-refractivity contribution in [3.8, 4) is 0 Å². The highest BCUT2D eigenvalue weighted by Crippen LogP contribution is 2.49. The zero-order chi connectivity index (χ0) is 20.9. The van der Waals surface area contributed by atoms with Gasteiger partial charge in [-0.05, 0) is 18.8 Å². The molecule has 0 N–H and O–H groups in total. The van der Waals surface area contributed by atoms with E-state index in [1.165, 1.54) is 83.5 Å². The van der Waals surface area contributed by atoms with Crippen molar-refractivity contribution in [2.24, 2.45) is 5.92 Å². The summed E-state index contributed by atoms with van der Waals surface area (Å²) in [6.07, 6.45) is 21.3. The molecule has 170 valence electrons. The van der Waals surface area contributed by atoms with Crippen LogP contribution in [-0.2, 0) is 13.6 Å². The Balaban J connectivity index is 3.51. The standard InChI is InChI=1S/C24H51O3P/c1-5-7-9-10-11-12-13-14-15-16-17-18-19-20-21-26-28(25,22-8-6-2)27-23-24(3)4/h24H,5-23H2,1-4H3. The fourth-order valence-electron chi connectivity index (χ4n) is 3.28. The molecule has 0 aliphatic heterocycles. The highest BCUT2D eigenvalue weighted by atomic mass is 31.2. The van der Waals surface area contributed by atoms with E-state index in [9.17, 15) is 4.57 Å². The molecule has 0 aliphatic rings. The van der Waals surface area contributed by atoms with Gasteiger partial charge in [0, 0.05) is 0 Å². The van der Waals surface area contributed by atoms with Crippen LogP contribution >= 0.6 is 7.60 Å². The van der Waals surface area contributed by atoms with Crippen LogP contribution in [-0.4, -0.2) is 19.4 Å². The first-order valence-corrected chi connectivity index (χ1v) is 14.1. The molecule has 1 atom stereocenters. The summed E-state index contributed by atoms with van der Waals surface area (Å²) in [6, 6.07) is 0. The number of hydrogen-bond donors (Lipinski definition) is 0. The average Bonchev–Trinajstić information content (AvgIpc) is 2.68. The SMILES string of the molecule is CCCCCCCCCCCCCCCCOP(=O)(CCCC)OCC(C)C. The molecule has 0 aliphatic carbocycles. The van der Waals surface area contributed by atoms with Gasteiger partial charge in [-0.3, -0.25) is 4.57 Å². The fraction of sp³-hybridized carbons (Fsp3) is 1.00. The van der Waals surface area contributed by atoms with Gasteiger partial charge in [0.2, 0.25) is 0 Å². The Labute approximate surface area is 177 Å². The molecule has 4 heteroatoms. The van der Waals surface area contributed by atoms with Gasteiger partial charge in [-0.15, -0.1) is 0 Å². The van der Waals surface area contributed by atoms with Gasteiger partial charge < -0.3 is 9.05 Å². The zero-order valence-corrected chi connectivity index (χ0v) is 20.6. The van der Waals surface area contributed by atoms with Crippen LogP contribution < -0.4 is 0 Å². The second-order valence-corrected chi connectivity index (χ2v) is 11.0. The average molecular weight is 419 g/mol. The van der Waals surface area contributed by atoms with Crippen LogP contribution in [0.15, 0.2) is 0 Å². The largest absolute Gasteiger partial charge is 0.330 e. The summed E-state index contributed by atoms with van der Waals surface area (Å²) >= 11 is 0. The van der Waals surface area contributed by atoms with Gasteiger partial charge in [-0.25, -0.2) is 0 Å². The lowest BCUT2D eigenvalue weighted by atomic mass is 10.0. The minimum absolute atomic E-state index is 0.389. The van der Waals surface area contributed by atoms with Crippen molar-refractivity contribution < 1.29 is 13.6 Å². The second kappa shape index (κ2) is 20.4. The first kappa shape index (κ1) is 28.1. The van der Waals surface area contributed by atoms with E-state index in [1.54, 1.807) is 0 Å². The van der Waals surface area contributed by atoms with E-state index in [-0.39, 0.29) is 0 Å². The molecular formula is C24H51O3P. The van der Waals surface area contributed by atoms with Crippen molar-refractivity contribution in [2.45, 2.75) is 130 Å². The van der Waals surface area contributed by atoms with Gasteiger partial charge in [-0.2, -0.15) is 0 Å². The van der Waals surface area contributed by atoms with E-state index in [0.717, 1.165) is 19.3 Å². The quantitative estimate of drug-likeness (QED) is 0.130. The summed E-state index contributed by atoms with van der Waals surface area (Å²) in [5, 5.41) is 0. The monoisotopic (exact) mass is 418 g/mol. The molecule has 1 unspecified atom stereocenters. The molecule has 0 fully saturated rings. The normalized spacial score (nSPS) is 13.9. The first-order chi connectivity index (χ1) is 13.5. The smallest absolute Gasteiger partial charge is 0.309 e. The van der Waals surface area contributed by atoms with Crippen molar-refractivity contribution in [1.82, 2.24) is 0 Å². The van der Waals surface area contributed by atoms with Crippen molar-refractivity contribution in [2.75, 3.05) is 19.4 Å². The molecule has 3 nitrogen and oxygen atoms in total. The Bertz CT molecular complexity index is 358. The predicted octanol–water partition coefficient (Wildman–Crippen LogP) is 9.15. The lowest BCUT2D eigenvalue weighted by Crippen LogP contribution is -2.06. The van der Waals surface area contributed by atoms with Gasteiger partial charge in [-0.1, -0.05) is 118 Å². The number of rotatable bonds is 22. The molecule has 0 rings (SSSR count). The van der Waals surface area contributed by atoms with E-state index in [2.05, 4.69) is 27.7 Å². The van der Waals surface area contributed by atoms with Gasteiger partial charge in [0.15, 0.2) is 0 Å². The minimum atomic E-state index is -2.88. The lowest BCUT2D eigenvalue weighted by Gasteiger charge is -2.19. The summed E-state index contributed by atoms with van der Waals surface area (Å²) in [6.45, 7) is 9.66. The summed E-state index contributed by atoms with van der Waals surface area (Å²) in [4.78, 5) is 0. The molecule has 0 heterocycles. The van der Waals surface area contributed by atoms with Gasteiger partial charge in [0.05, 0.1) is 19.4 Å². The Morgan fingerprint density at radius 1 is 0.607 bits per heavy atom. The maximum absolute atomic E-state index is 12.8. The molecule has 0 bridgehead atoms. The van der Waals surface area contributed by atoms with Crippen molar-refractivity contribution in [3.05, 3.63) is 0 Å². The third-order valence-electron chi connectivity index (χ3n) is 5.18. The van der Waals surface area contributed by atoms with E-state index < -0.39 is 7.60 Å². The highest BCUT2D eigenvalue weighted by molar-refractivity contribution is 7.53. The molecule has 28 heavy (non-hydrogen) atoms. The Morgan fingerprint density at radius 2 is 1.04 bits per heavy atom. The zero-order valence-electron chi connectivity index (χ0n) is 19.7. The second-order valence-electron chi connectivity index (χ2n) is 8.81. The number of hydrogen-bond acceptors (Lipinski definition) is 3. The lowest BCUT2D eigenvalue weighted by molar-refractivity contribution is 0.184. The maximum Gasteiger partial charge on any atom is 0.330 e. The Kier molecular flexibility index (Phi) is 20.5. The third kappa shape index (κ3) is 19.5. The molecule has 0 spiro atoms. The molecule has 0 saturated carbocycles. The van der Waals surface area contributed by atoms with E-state index >= 15 is 0 Å². The van der Waals surface area contributed by atoms with E-state index in [0.29, 0.717) is 25.3 Å². The van der Waals surface area contributed by atoms with Gasteiger partial charge in [0.25, 0.3) is 0 Å². The van der Waals surface area contributed by atoms with Crippen LogP contribution in [0.5, 0.6) is 0 Å². The van der Waals surface area contributed by atoms with Crippen molar-refractivity contribution in [3.63, 3.8) is 0 Å². The maximum atomic E-state index is 12.8. The number of unbranched alkanes of at least 4 members (excludes halogenated alkanes) is 14.